The number of likely N-dealkylation sites (N-methyl/N-ethyl adjacent to an activating group) is 1. The van der Waals surface area contributed by atoms with Crippen molar-refractivity contribution in [1.29, 1.82) is 0 Å². The molecule has 0 unspecified atom stereocenters. The average molecular weight is 791 g/mol. The van der Waals surface area contributed by atoms with Crippen LogP contribution in [0, 0.1) is 0 Å². The fourth-order valence-electron chi connectivity index (χ4n) is 5.30. The summed E-state index contributed by atoms with van der Waals surface area (Å²) in [4.78, 5) is 64.5. The second-order valence-electron chi connectivity index (χ2n) is 12.3. The molecule has 0 atom stereocenters. The fraction of sp³-hybridized carbons (Fsp3) is 0.0488. The number of carbonyl (C=O) groups excluding carboxylic acids is 4. The van der Waals surface area contributed by atoms with E-state index in [4.69, 9.17) is 0 Å². The van der Waals surface area contributed by atoms with E-state index in [9.17, 15) is 29.4 Å². The molecule has 0 saturated carbocycles. The van der Waals surface area contributed by atoms with Crippen LogP contribution in [-0.2, 0) is 4.79 Å². The molecule has 6 N–H and O–H groups in total. The summed E-state index contributed by atoms with van der Waals surface area (Å²) in [6.07, 6.45) is 14.5. The van der Waals surface area contributed by atoms with Gasteiger partial charge in [-0.2, -0.15) is 20.4 Å². The summed E-state index contributed by atoms with van der Waals surface area (Å²) >= 11 is 0. The van der Waals surface area contributed by atoms with Gasteiger partial charge in [0.2, 0.25) is 0 Å². The van der Waals surface area contributed by atoms with Crippen molar-refractivity contribution in [1.82, 2.24) is 41.6 Å². The zero-order valence-corrected chi connectivity index (χ0v) is 31.1. The van der Waals surface area contributed by atoms with Crippen LogP contribution in [-0.4, -0.2) is 92.1 Å². The predicted octanol–water partition coefficient (Wildman–Crippen LogP) is 3.08. The van der Waals surface area contributed by atoms with E-state index in [2.05, 4.69) is 57.1 Å². The molecule has 3 aromatic heterocycles. The van der Waals surface area contributed by atoms with Crippen molar-refractivity contribution in [3.05, 3.63) is 161 Å². The number of hydrogen-bond donors (Lipinski definition) is 6. The highest BCUT2D eigenvalue weighted by atomic mass is 16.3. The van der Waals surface area contributed by atoms with Gasteiger partial charge in [-0.05, 0) is 77.9 Å². The lowest BCUT2D eigenvalue weighted by Crippen LogP contribution is -2.31. The highest BCUT2D eigenvalue weighted by Crippen LogP contribution is 2.33. The normalized spacial score (nSPS) is 12.6. The maximum Gasteiger partial charge on any atom is 0.289 e. The van der Waals surface area contributed by atoms with Crippen molar-refractivity contribution in [2.75, 3.05) is 13.6 Å². The van der Waals surface area contributed by atoms with Crippen LogP contribution < -0.4 is 21.7 Å². The van der Waals surface area contributed by atoms with Crippen LogP contribution >= 0.6 is 0 Å². The van der Waals surface area contributed by atoms with Crippen LogP contribution in [0.4, 0.5) is 0 Å². The Balaban J connectivity index is 1.37. The first-order valence-corrected chi connectivity index (χ1v) is 17.6. The van der Waals surface area contributed by atoms with E-state index >= 15 is 0 Å². The number of phenols is 2. The van der Waals surface area contributed by atoms with Crippen molar-refractivity contribution in [2.45, 2.75) is 0 Å². The summed E-state index contributed by atoms with van der Waals surface area (Å²) in [5.41, 5.74) is 11.5. The SMILES string of the molecule is CN1CC=CC=C1C(=O)N/N=C/c1cc(-c2cc(/C=N/NC(=O)c3ccccn3)c(O)c(/C=N/NC(=O)c3ccccn3)c2)cc(/C=N/NC(=O)c2ccccn2)c1O. The van der Waals surface area contributed by atoms with Gasteiger partial charge < -0.3 is 15.1 Å². The maximum atomic E-state index is 12.9. The topological polar surface area (TPSA) is 248 Å². The van der Waals surface area contributed by atoms with Crippen molar-refractivity contribution >= 4 is 48.5 Å². The molecule has 5 aromatic rings. The fourth-order valence-corrected chi connectivity index (χ4v) is 5.30. The third-order valence-corrected chi connectivity index (χ3v) is 8.26. The molecule has 0 spiro atoms. The van der Waals surface area contributed by atoms with E-state index in [1.807, 2.05) is 6.08 Å². The molecule has 1 aliphatic rings. The van der Waals surface area contributed by atoms with Gasteiger partial charge in [-0.3, -0.25) is 34.1 Å². The Hall–Kier alpha value is -8.67. The number of nitrogens with zero attached hydrogens (tertiary/aromatic N) is 8. The van der Waals surface area contributed by atoms with Crippen molar-refractivity contribution in [2.24, 2.45) is 20.4 Å². The highest BCUT2D eigenvalue weighted by Gasteiger charge is 2.17. The largest absolute Gasteiger partial charge is 0.507 e. The van der Waals surface area contributed by atoms with Crippen molar-refractivity contribution < 1.29 is 29.4 Å². The zero-order valence-electron chi connectivity index (χ0n) is 31.1. The summed E-state index contributed by atoms with van der Waals surface area (Å²) < 4.78 is 0. The molecule has 6 rings (SSSR count). The van der Waals surface area contributed by atoms with Crippen LogP contribution in [0.3, 0.4) is 0 Å². The number of pyridine rings is 3. The molecule has 4 heterocycles. The molecule has 0 bridgehead atoms. The Bertz CT molecular complexity index is 2460. The van der Waals surface area contributed by atoms with E-state index in [0.717, 1.165) is 0 Å². The second-order valence-corrected chi connectivity index (χ2v) is 12.3. The number of hydrazone groups is 4. The molecule has 0 aliphatic carbocycles. The number of allylic oxidation sites excluding steroid dienone is 2. The lowest BCUT2D eigenvalue weighted by Gasteiger charge is -2.21. The molecule has 294 valence electrons. The first-order chi connectivity index (χ1) is 28.7. The predicted molar refractivity (Wildman–Crippen MR) is 219 cm³/mol. The van der Waals surface area contributed by atoms with Gasteiger partial charge in [0.05, 0.1) is 24.9 Å². The molecule has 0 fully saturated rings. The first-order valence-electron chi connectivity index (χ1n) is 17.6. The van der Waals surface area contributed by atoms with E-state index in [0.29, 0.717) is 23.4 Å². The first kappa shape index (κ1) is 40.0. The van der Waals surface area contributed by atoms with Gasteiger partial charge >= 0.3 is 0 Å². The van der Waals surface area contributed by atoms with Gasteiger partial charge in [-0.1, -0.05) is 30.4 Å². The summed E-state index contributed by atoms with van der Waals surface area (Å²) in [6.45, 7) is 0.532. The number of rotatable bonds is 13. The number of phenolic OH excluding ortho intramolecular Hbond substituents is 2. The summed E-state index contributed by atoms with van der Waals surface area (Å²) in [6, 6.07) is 20.6. The zero-order chi connectivity index (χ0) is 41.6. The number of aromatic nitrogens is 3. The van der Waals surface area contributed by atoms with Gasteiger partial charge in [0.25, 0.3) is 23.6 Å². The van der Waals surface area contributed by atoms with Gasteiger partial charge in [0.1, 0.15) is 34.3 Å². The Labute approximate surface area is 336 Å². The Kier molecular flexibility index (Phi) is 13.1. The van der Waals surface area contributed by atoms with E-state index in [-0.39, 0.29) is 50.8 Å². The van der Waals surface area contributed by atoms with Crippen LogP contribution in [0.25, 0.3) is 11.1 Å². The molecule has 18 heteroatoms. The van der Waals surface area contributed by atoms with E-state index < -0.39 is 23.6 Å². The van der Waals surface area contributed by atoms with E-state index in [1.165, 1.54) is 79.8 Å². The molecule has 0 radical (unpaired) electrons. The Morgan fingerprint density at radius 1 is 0.576 bits per heavy atom. The average Bonchev–Trinajstić information content (AvgIpc) is 3.26. The van der Waals surface area contributed by atoms with Crippen LogP contribution in [0.5, 0.6) is 11.5 Å². The molecule has 0 saturated heterocycles. The molecular formula is C41H34N12O6. The smallest absolute Gasteiger partial charge is 0.289 e. The molecule has 2 aromatic carbocycles. The van der Waals surface area contributed by atoms with Gasteiger partial charge in [-0.25, -0.2) is 21.7 Å². The number of aromatic hydroxyl groups is 2. The quantitative estimate of drug-likeness (QED) is 0.0752. The maximum absolute atomic E-state index is 12.9. The third-order valence-electron chi connectivity index (χ3n) is 8.26. The van der Waals surface area contributed by atoms with Gasteiger partial charge in [-0.15, -0.1) is 0 Å². The van der Waals surface area contributed by atoms with Crippen LogP contribution in [0.2, 0.25) is 0 Å². The Morgan fingerprint density at radius 3 is 1.25 bits per heavy atom. The van der Waals surface area contributed by atoms with Crippen molar-refractivity contribution in [3.8, 4) is 22.6 Å². The minimum Gasteiger partial charge on any atom is -0.507 e. The lowest BCUT2D eigenvalue weighted by atomic mass is 9.95. The van der Waals surface area contributed by atoms with Gasteiger partial charge in [0, 0.05) is 54.4 Å². The molecule has 4 amide bonds. The standard InChI is InChI=1S/C41H34N12O6/c1-53-17-9-5-13-35(53)41(59)52-48-25-31-21-27(20-30(37(31)55)24-47-51-40(58)34-12-4-8-16-44-34)26-18-28(22-45-49-38(56)32-10-2-6-14-42-32)36(54)29(19-26)23-46-50-39(57)33-11-3-7-15-43-33/h2-16,18-25,54-55H,17H2,1H3,(H,49,56)(H,50,57)(H,51,58)(H,52,59)/b45-22+,46-23+,47-24+,48-25+. The summed E-state index contributed by atoms with van der Waals surface area (Å²) in [5.74, 6) is -2.92. The minimum atomic E-state index is -0.604. The number of carbonyl (C=O) groups is 4. The molecular weight excluding hydrogens is 757 g/mol. The Morgan fingerprint density at radius 2 is 0.932 bits per heavy atom. The summed E-state index contributed by atoms with van der Waals surface area (Å²) in [7, 11) is 1.75. The van der Waals surface area contributed by atoms with Crippen LogP contribution in [0.15, 0.2) is 142 Å². The van der Waals surface area contributed by atoms with Gasteiger partial charge in [0.15, 0.2) is 0 Å². The summed E-state index contributed by atoms with van der Waals surface area (Å²) in [5, 5.41) is 38.8. The number of benzene rings is 2. The number of amides is 4. The number of hydrogen-bond acceptors (Lipinski definition) is 14. The monoisotopic (exact) mass is 790 g/mol. The molecule has 18 nitrogen and oxygen atoms in total. The van der Waals surface area contributed by atoms with Crippen LogP contribution in [0.1, 0.15) is 53.7 Å². The molecule has 59 heavy (non-hydrogen) atoms. The second kappa shape index (κ2) is 19.3. The lowest BCUT2D eigenvalue weighted by molar-refractivity contribution is -0.118. The third kappa shape index (κ3) is 10.6. The molecule has 1 aliphatic heterocycles. The number of nitrogens with one attached hydrogen (secondary N) is 4. The minimum absolute atomic E-state index is 0.105. The van der Waals surface area contributed by atoms with E-state index in [1.54, 1.807) is 66.6 Å². The highest BCUT2D eigenvalue weighted by molar-refractivity contribution is 6.00. The van der Waals surface area contributed by atoms with Crippen molar-refractivity contribution in [3.63, 3.8) is 0 Å².